The second-order valence-corrected chi connectivity index (χ2v) is 3.87. The van der Waals surface area contributed by atoms with Crippen LogP contribution >= 0.6 is 0 Å². The molecule has 0 aliphatic carbocycles. The average Bonchev–Trinajstić information content (AvgIpc) is 2.86. The van der Waals surface area contributed by atoms with Gasteiger partial charge in [0.05, 0.1) is 5.69 Å². The maximum absolute atomic E-state index is 10.6. The maximum Gasteiger partial charge on any atom is 0.151 e. The van der Waals surface area contributed by atoms with E-state index in [2.05, 4.69) is 16.0 Å². The van der Waals surface area contributed by atoms with Gasteiger partial charge in [-0.05, 0) is 30.3 Å². The second-order valence-electron chi connectivity index (χ2n) is 3.87. The highest BCUT2D eigenvalue weighted by Gasteiger charge is 2.01. The Morgan fingerprint density at radius 1 is 1.12 bits per heavy atom. The molecule has 2 heterocycles. The van der Waals surface area contributed by atoms with Crippen molar-refractivity contribution >= 4 is 17.2 Å². The normalized spacial score (nSPS) is 10.6. The van der Waals surface area contributed by atoms with Gasteiger partial charge in [-0.15, -0.1) is 0 Å². The molecule has 0 aliphatic rings. The maximum atomic E-state index is 10.6. The Balaban J connectivity index is 2.09. The summed E-state index contributed by atoms with van der Waals surface area (Å²) in [7, 11) is 0. The molecule has 3 heteroatoms. The summed E-state index contributed by atoms with van der Waals surface area (Å²) in [4.78, 5) is 18.0. The predicted octanol–water partition coefficient (Wildman–Crippen LogP) is 3.04. The smallest absolute Gasteiger partial charge is 0.151 e. The first-order chi connectivity index (χ1) is 8.36. The lowest BCUT2D eigenvalue weighted by Crippen LogP contribution is -1.86. The molecule has 0 unspecified atom stereocenters. The number of carbonyl (C=O) groups excluding carboxylic acids is 1. The zero-order chi connectivity index (χ0) is 11.7. The van der Waals surface area contributed by atoms with Gasteiger partial charge in [0.2, 0.25) is 0 Å². The van der Waals surface area contributed by atoms with Gasteiger partial charge in [-0.3, -0.25) is 9.78 Å². The molecule has 0 amide bonds. The van der Waals surface area contributed by atoms with Gasteiger partial charge in [-0.25, -0.2) is 0 Å². The lowest BCUT2D eigenvalue weighted by Gasteiger charge is -2.01. The van der Waals surface area contributed by atoms with Gasteiger partial charge < -0.3 is 4.98 Å². The Bertz CT molecular complexity index is 668. The number of fused-ring (bicyclic) bond motifs is 1. The molecule has 2 aromatic heterocycles. The number of aromatic amines is 1. The Kier molecular flexibility index (Phi) is 2.22. The molecule has 0 spiro atoms. The highest BCUT2D eigenvalue weighted by molar-refractivity contribution is 5.84. The zero-order valence-corrected chi connectivity index (χ0v) is 9.05. The summed E-state index contributed by atoms with van der Waals surface area (Å²) in [6, 6.07) is 11.8. The zero-order valence-electron chi connectivity index (χ0n) is 9.05. The fourth-order valence-electron chi connectivity index (χ4n) is 1.86. The Labute approximate surface area is 98.1 Å². The van der Waals surface area contributed by atoms with Crippen molar-refractivity contribution in [3.8, 4) is 11.3 Å². The van der Waals surface area contributed by atoms with Crippen LogP contribution in [-0.4, -0.2) is 16.3 Å². The van der Waals surface area contributed by atoms with Crippen LogP contribution in [-0.2, 0) is 0 Å². The molecule has 1 aromatic carbocycles. The summed E-state index contributed by atoms with van der Waals surface area (Å²) in [6.45, 7) is 0. The molecule has 3 nitrogen and oxygen atoms in total. The minimum atomic E-state index is 0.594. The first-order valence-corrected chi connectivity index (χ1v) is 5.35. The van der Waals surface area contributed by atoms with Crippen LogP contribution in [0.25, 0.3) is 22.2 Å². The van der Waals surface area contributed by atoms with Crippen molar-refractivity contribution in [1.82, 2.24) is 9.97 Å². The van der Waals surface area contributed by atoms with E-state index in [1.165, 1.54) is 0 Å². The van der Waals surface area contributed by atoms with Crippen molar-refractivity contribution in [3.05, 3.63) is 54.4 Å². The lowest BCUT2D eigenvalue weighted by molar-refractivity contribution is 0.112. The van der Waals surface area contributed by atoms with Crippen molar-refractivity contribution in [2.75, 3.05) is 0 Å². The molecule has 82 valence electrons. The topological polar surface area (TPSA) is 45.8 Å². The van der Waals surface area contributed by atoms with Crippen LogP contribution in [0.15, 0.2) is 48.8 Å². The summed E-state index contributed by atoms with van der Waals surface area (Å²) >= 11 is 0. The highest BCUT2D eigenvalue weighted by Crippen LogP contribution is 2.22. The van der Waals surface area contributed by atoms with Gasteiger partial charge >= 0.3 is 0 Å². The van der Waals surface area contributed by atoms with E-state index in [1.54, 1.807) is 12.3 Å². The summed E-state index contributed by atoms with van der Waals surface area (Å²) in [6.07, 6.45) is 4.30. The first kappa shape index (κ1) is 9.78. The molecule has 0 saturated heterocycles. The van der Waals surface area contributed by atoms with Crippen molar-refractivity contribution in [2.24, 2.45) is 0 Å². The van der Waals surface area contributed by atoms with E-state index in [4.69, 9.17) is 0 Å². The number of nitrogens with zero attached hydrogens (tertiary/aromatic N) is 1. The van der Waals surface area contributed by atoms with Crippen LogP contribution in [0.5, 0.6) is 0 Å². The van der Waals surface area contributed by atoms with E-state index < -0.39 is 0 Å². The highest BCUT2D eigenvalue weighted by atomic mass is 16.1. The van der Waals surface area contributed by atoms with Crippen LogP contribution in [0.4, 0.5) is 0 Å². The van der Waals surface area contributed by atoms with Gasteiger partial charge in [0.15, 0.2) is 6.29 Å². The van der Waals surface area contributed by atoms with Crippen LogP contribution in [0, 0.1) is 0 Å². The molecule has 3 aromatic rings. The van der Waals surface area contributed by atoms with Crippen molar-refractivity contribution in [3.63, 3.8) is 0 Å². The minimum Gasteiger partial charge on any atom is -0.361 e. The number of H-pyrrole nitrogens is 1. The number of nitrogens with one attached hydrogen (secondary N) is 1. The number of aromatic nitrogens is 2. The summed E-state index contributed by atoms with van der Waals surface area (Å²) in [5.74, 6) is 0. The third-order valence-electron chi connectivity index (χ3n) is 2.77. The summed E-state index contributed by atoms with van der Waals surface area (Å²) in [5.41, 5.74) is 3.63. The van der Waals surface area contributed by atoms with Crippen LogP contribution in [0.3, 0.4) is 0 Å². The molecule has 0 bridgehead atoms. The number of pyridine rings is 1. The van der Waals surface area contributed by atoms with E-state index in [1.807, 2.05) is 30.5 Å². The van der Waals surface area contributed by atoms with Gasteiger partial charge in [0.25, 0.3) is 0 Å². The van der Waals surface area contributed by atoms with Crippen molar-refractivity contribution in [2.45, 2.75) is 0 Å². The molecular weight excluding hydrogens is 212 g/mol. The third kappa shape index (κ3) is 1.72. The largest absolute Gasteiger partial charge is 0.361 e. The number of benzene rings is 1. The molecule has 0 radical (unpaired) electrons. The molecule has 0 fully saturated rings. The van der Waals surface area contributed by atoms with Crippen LogP contribution in [0.1, 0.15) is 10.4 Å². The number of carbonyl (C=O) groups is 1. The molecule has 1 N–H and O–H groups in total. The predicted molar refractivity (Wildman–Crippen MR) is 66.9 cm³/mol. The quantitative estimate of drug-likeness (QED) is 0.677. The Morgan fingerprint density at radius 3 is 2.82 bits per heavy atom. The number of aldehydes is 1. The number of hydrogen-bond acceptors (Lipinski definition) is 2. The van der Waals surface area contributed by atoms with E-state index in [0.29, 0.717) is 5.56 Å². The molecule has 17 heavy (non-hydrogen) atoms. The van der Waals surface area contributed by atoms with Crippen LogP contribution in [0.2, 0.25) is 0 Å². The second kappa shape index (κ2) is 3.87. The van der Waals surface area contributed by atoms with Crippen molar-refractivity contribution < 1.29 is 4.79 Å². The molecule has 0 aliphatic heterocycles. The van der Waals surface area contributed by atoms with Gasteiger partial charge in [-0.1, -0.05) is 6.07 Å². The summed E-state index contributed by atoms with van der Waals surface area (Å²) < 4.78 is 0. The molecular formula is C14H10N2O. The molecule has 0 atom stereocenters. The van der Waals surface area contributed by atoms with Crippen molar-refractivity contribution in [1.29, 1.82) is 0 Å². The number of rotatable bonds is 2. The summed E-state index contributed by atoms with van der Waals surface area (Å²) in [5, 5.41) is 1.16. The SMILES string of the molecule is O=Cc1ccc(-c2ccc3[nH]ccc3c2)nc1. The van der Waals surface area contributed by atoms with Gasteiger partial charge in [0.1, 0.15) is 0 Å². The monoisotopic (exact) mass is 222 g/mol. The number of hydrogen-bond donors (Lipinski definition) is 1. The fraction of sp³-hybridized carbons (Fsp3) is 0. The first-order valence-electron chi connectivity index (χ1n) is 5.35. The Morgan fingerprint density at radius 2 is 2.06 bits per heavy atom. The molecule has 0 saturated carbocycles. The minimum absolute atomic E-state index is 0.594. The Hall–Kier alpha value is -2.42. The van der Waals surface area contributed by atoms with Gasteiger partial charge in [-0.2, -0.15) is 0 Å². The fourth-order valence-corrected chi connectivity index (χ4v) is 1.86. The molecule has 3 rings (SSSR count). The average molecular weight is 222 g/mol. The van der Waals surface area contributed by atoms with Crippen LogP contribution < -0.4 is 0 Å². The van der Waals surface area contributed by atoms with E-state index in [9.17, 15) is 4.79 Å². The lowest BCUT2D eigenvalue weighted by atomic mass is 10.1. The van der Waals surface area contributed by atoms with Gasteiger partial charge in [0, 0.05) is 34.4 Å². The van der Waals surface area contributed by atoms with E-state index in [0.717, 1.165) is 28.4 Å². The third-order valence-corrected chi connectivity index (χ3v) is 2.77. The van der Waals surface area contributed by atoms with E-state index >= 15 is 0 Å². The van der Waals surface area contributed by atoms with E-state index in [-0.39, 0.29) is 0 Å². The standard InChI is InChI=1S/C14H10N2O/c17-9-10-1-3-14(16-8-10)11-2-4-13-12(7-11)5-6-15-13/h1-9,15H.